The van der Waals surface area contributed by atoms with Crippen molar-refractivity contribution in [2.45, 2.75) is 90.9 Å². The highest BCUT2D eigenvalue weighted by Gasteiger charge is 2.28. The second kappa shape index (κ2) is 12.9. The van der Waals surface area contributed by atoms with E-state index >= 15 is 0 Å². The van der Waals surface area contributed by atoms with Gasteiger partial charge in [-0.1, -0.05) is 107 Å². The molecule has 3 rings (SSSR count). The second-order valence-corrected chi connectivity index (χ2v) is 9.74. The van der Waals surface area contributed by atoms with Crippen LogP contribution in [0, 0.1) is 17.0 Å². The van der Waals surface area contributed by atoms with Gasteiger partial charge in [-0.25, -0.2) is 8.78 Å². The summed E-state index contributed by atoms with van der Waals surface area (Å²) in [6.45, 7) is 4.49. The molecule has 178 valence electrons. The molecule has 0 amide bonds. The predicted octanol–water partition coefficient (Wildman–Crippen LogP) is 9.63. The van der Waals surface area contributed by atoms with Crippen molar-refractivity contribution in [1.82, 2.24) is 0 Å². The topological polar surface area (TPSA) is 0 Å². The van der Waals surface area contributed by atoms with Crippen molar-refractivity contribution >= 4 is 5.57 Å². The summed E-state index contributed by atoms with van der Waals surface area (Å²) in [5.41, 5.74) is 4.09. The summed E-state index contributed by atoms with van der Waals surface area (Å²) >= 11 is 0. The van der Waals surface area contributed by atoms with Gasteiger partial charge in [0.2, 0.25) is 0 Å². The first-order valence-corrected chi connectivity index (χ1v) is 13.0. The molecule has 0 saturated carbocycles. The van der Waals surface area contributed by atoms with Gasteiger partial charge in [-0.2, -0.15) is 0 Å². The third-order valence-electron chi connectivity index (χ3n) is 7.14. The summed E-state index contributed by atoms with van der Waals surface area (Å²) in [6.07, 6.45) is 20.6. The van der Waals surface area contributed by atoms with E-state index in [9.17, 15) is 8.78 Å². The summed E-state index contributed by atoms with van der Waals surface area (Å²) in [5, 5.41) is 0. The molecule has 2 aromatic rings. The van der Waals surface area contributed by atoms with Crippen molar-refractivity contribution in [2.75, 3.05) is 0 Å². The lowest BCUT2D eigenvalue weighted by atomic mass is 9.72. The van der Waals surface area contributed by atoms with E-state index in [0.717, 1.165) is 31.3 Å². The number of hydrogen-bond donors (Lipinski definition) is 0. The van der Waals surface area contributed by atoms with Crippen molar-refractivity contribution in [3.8, 4) is 0 Å². The average molecular weight is 451 g/mol. The van der Waals surface area contributed by atoms with E-state index in [0.29, 0.717) is 5.56 Å². The molecule has 0 fully saturated rings. The Kier molecular flexibility index (Phi) is 9.91. The van der Waals surface area contributed by atoms with E-state index in [2.05, 4.69) is 50.3 Å². The van der Waals surface area contributed by atoms with Gasteiger partial charge in [-0.05, 0) is 66.7 Å². The van der Waals surface area contributed by atoms with Crippen LogP contribution in [0.25, 0.3) is 5.57 Å². The highest BCUT2D eigenvalue weighted by atomic mass is 19.2. The summed E-state index contributed by atoms with van der Waals surface area (Å²) in [5.74, 6) is -1.53. The monoisotopic (exact) mass is 450 g/mol. The fourth-order valence-corrected chi connectivity index (χ4v) is 4.89. The molecule has 1 aliphatic rings. The van der Waals surface area contributed by atoms with Crippen LogP contribution in [0.3, 0.4) is 0 Å². The standard InChI is InChI=1S/C31H40F2/c1-3-5-7-8-11-25-14-16-26(17-15-25)18-22-31(21-9-6-4-2)23-19-27(20-24-31)28-12-10-13-29(32)30(28)33/h10,12-17,19-20,23H,3-9,11,18,21-22,24H2,1-2H3. The number of benzene rings is 2. The lowest BCUT2D eigenvalue weighted by molar-refractivity contribution is 0.311. The molecule has 1 unspecified atom stereocenters. The predicted molar refractivity (Wildman–Crippen MR) is 137 cm³/mol. The van der Waals surface area contributed by atoms with Gasteiger partial charge in [-0.3, -0.25) is 0 Å². The molecular weight excluding hydrogens is 410 g/mol. The van der Waals surface area contributed by atoms with Crippen LogP contribution in [-0.4, -0.2) is 0 Å². The van der Waals surface area contributed by atoms with Gasteiger partial charge in [0, 0.05) is 5.56 Å². The van der Waals surface area contributed by atoms with E-state index < -0.39 is 11.6 Å². The largest absolute Gasteiger partial charge is 0.204 e. The molecule has 0 bridgehead atoms. The number of unbranched alkanes of at least 4 members (excludes halogenated alkanes) is 5. The Hall–Kier alpha value is -2.22. The van der Waals surface area contributed by atoms with Crippen molar-refractivity contribution < 1.29 is 8.78 Å². The number of rotatable bonds is 13. The van der Waals surface area contributed by atoms with Gasteiger partial charge >= 0.3 is 0 Å². The summed E-state index contributed by atoms with van der Waals surface area (Å²) in [4.78, 5) is 0. The van der Waals surface area contributed by atoms with Gasteiger partial charge < -0.3 is 0 Å². The molecule has 0 N–H and O–H groups in total. The van der Waals surface area contributed by atoms with Crippen molar-refractivity contribution in [2.24, 2.45) is 5.41 Å². The Morgan fingerprint density at radius 2 is 1.45 bits per heavy atom. The Bertz CT molecular complexity index is 922. The average Bonchev–Trinajstić information content (AvgIpc) is 2.84. The van der Waals surface area contributed by atoms with Crippen molar-refractivity contribution in [3.63, 3.8) is 0 Å². The molecule has 1 atom stereocenters. The highest BCUT2D eigenvalue weighted by molar-refractivity contribution is 5.75. The van der Waals surface area contributed by atoms with Crippen molar-refractivity contribution in [3.05, 3.63) is 89.0 Å². The van der Waals surface area contributed by atoms with Crippen LogP contribution in [0.15, 0.2) is 60.7 Å². The summed E-state index contributed by atoms with van der Waals surface area (Å²) < 4.78 is 28.0. The van der Waals surface area contributed by atoms with E-state index in [1.54, 1.807) is 12.1 Å². The number of allylic oxidation sites excluding steroid dienone is 4. The maximum Gasteiger partial charge on any atom is 0.166 e. The fourth-order valence-electron chi connectivity index (χ4n) is 4.89. The van der Waals surface area contributed by atoms with Gasteiger partial charge in [0.15, 0.2) is 11.6 Å². The first-order valence-electron chi connectivity index (χ1n) is 13.0. The van der Waals surface area contributed by atoms with E-state index in [4.69, 9.17) is 0 Å². The maximum absolute atomic E-state index is 14.3. The van der Waals surface area contributed by atoms with Gasteiger partial charge in [0.1, 0.15) is 0 Å². The highest BCUT2D eigenvalue weighted by Crippen LogP contribution is 2.41. The smallest absolute Gasteiger partial charge is 0.166 e. The molecule has 0 aromatic heterocycles. The SMILES string of the molecule is CCCCCCc1ccc(CCC2(CCCCC)C=CC(c3cccc(F)c3F)=CC2)cc1. The van der Waals surface area contributed by atoms with E-state index in [1.165, 1.54) is 68.6 Å². The number of halogens is 2. The molecule has 0 heterocycles. The first kappa shape index (κ1) is 25.4. The Morgan fingerprint density at radius 3 is 2.12 bits per heavy atom. The Morgan fingerprint density at radius 1 is 0.758 bits per heavy atom. The molecule has 2 aromatic carbocycles. The molecule has 0 spiro atoms. The Labute approximate surface area is 199 Å². The number of hydrogen-bond acceptors (Lipinski definition) is 0. The zero-order chi connectivity index (χ0) is 23.5. The number of aryl methyl sites for hydroxylation is 2. The van der Waals surface area contributed by atoms with Gasteiger partial charge in [0.05, 0.1) is 0 Å². The van der Waals surface area contributed by atoms with Crippen LogP contribution in [0.1, 0.15) is 94.7 Å². The fraction of sp³-hybridized carbons (Fsp3) is 0.484. The van der Waals surface area contributed by atoms with Gasteiger partial charge in [-0.15, -0.1) is 0 Å². The normalized spacial score (nSPS) is 17.9. The molecule has 0 saturated heterocycles. The minimum atomic E-state index is -0.782. The third kappa shape index (κ3) is 7.39. The minimum absolute atomic E-state index is 0.0985. The summed E-state index contributed by atoms with van der Waals surface area (Å²) in [6, 6.07) is 13.6. The van der Waals surface area contributed by atoms with Crippen molar-refractivity contribution in [1.29, 1.82) is 0 Å². The first-order chi connectivity index (χ1) is 16.1. The zero-order valence-electron chi connectivity index (χ0n) is 20.5. The molecule has 33 heavy (non-hydrogen) atoms. The van der Waals surface area contributed by atoms with E-state index in [1.807, 2.05) is 6.08 Å². The molecule has 0 nitrogen and oxygen atoms in total. The van der Waals surface area contributed by atoms with Crippen LogP contribution < -0.4 is 0 Å². The van der Waals surface area contributed by atoms with Crippen LogP contribution >= 0.6 is 0 Å². The summed E-state index contributed by atoms with van der Waals surface area (Å²) in [7, 11) is 0. The van der Waals surface area contributed by atoms with Gasteiger partial charge in [0.25, 0.3) is 0 Å². The molecule has 1 aliphatic carbocycles. The zero-order valence-corrected chi connectivity index (χ0v) is 20.5. The molecular formula is C31H40F2. The minimum Gasteiger partial charge on any atom is -0.204 e. The third-order valence-corrected chi connectivity index (χ3v) is 7.14. The van der Waals surface area contributed by atoms with Crippen LogP contribution in [0.4, 0.5) is 8.78 Å². The molecule has 2 heteroatoms. The lowest BCUT2D eigenvalue weighted by Crippen LogP contribution is -2.21. The van der Waals surface area contributed by atoms with E-state index in [-0.39, 0.29) is 5.41 Å². The molecule has 0 aliphatic heterocycles. The lowest BCUT2D eigenvalue weighted by Gasteiger charge is -2.33. The van der Waals surface area contributed by atoms with Crippen LogP contribution in [0.2, 0.25) is 0 Å². The Balaban J connectivity index is 1.64. The van der Waals surface area contributed by atoms with Crippen LogP contribution in [-0.2, 0) is 12.8 Å². The second-order valence-electron chi connectivity index (χ2n) is 9.74. The van der Waals surface area contributed by atoms with Crippen LogP contribution in [0.5, 0.6) is 0 Å². The maximum atomic E-state index is 14.3. The quantitative estimate of drug-likeness (QED) is 0.266. The molecule has 0 radical (unpaired) electrons.